The number of aliphatic hydroxyl groups is 1. The number of aromatic nitrogens is 4. The zero-order valence-electron chi connectivity index (χ0n) is 11.1. The van der Waals surface area contributed by atoms with Crippen LogP contribution >= 0.6 is 0 Å². The van der Waals surface area contributed by atoms with Gasteiger partial charge >= 0.3 is 0 Å². The van der Waals surface area contributed by atoms with Gasteiger partial charge in [0.05, 0.1) is 24.9 Å². The minimum Gasteiger partial charge on any atom is -0.390 e. The Morgan fingerprint density at radius 3 is 2.84 bits per heavy atom. The fraction of sp³-hybridized carbons (Fsp3) is 0.538. The number of β-amino-alcohol motifs (C(OH)–C–C–N with tert-alkyl or cyclic N) is 1. The molecule has 0 aliphatic carbocycles. The topological polar surface area (TPSA) is 59.1 Å². The van der Waals surface area contributed by atoms with Crippen molar-refractivity contribution in [3.05, 3.63) is 36.4 Å². The van der Waals surface area contributed by atoms with Crippen LogP contribution in [0.25, 0.3) is 0 Å². The van der Waals surface area contributed by atoms with Crippen LogP contribution in [-0.4, -0.2) is 55.3 Å². The molecule has 0 radical (unpaired) electrons. The number of hydrogen-bond acceptors (Lipinski definition) is 4. The summed E-state index contributed by atoms with van der Waals surface area (Å²) in [5.74, 6) is 0. The highest BCUT2D eigenvalue weighted by molar-refractivity contribution is 5.02. The fourth-order valence-electron chi connectivity index (χ4n) is 2.47. The molecule has 2 aromatic rings. The van der Waals surface area contributed by atoms with Crippen molar-refractivity contribution in [3.8, 4) is 0 Å². The Kier molecular flexibility index (Phi) is 3.35. The highest BCUT2D eigenvalue weighted by Gasteiger charge is 2.29. The summed E-state index contributed by atoms with van der Waals surface area (Å²) in [5, 5.41) is 18.4. The largest absolute Gasteiger partial charge is 0.390 e. The predicted octanol–water partition coefficient (Wildman–Crippen LogP) is 0.306. The maximum Gasteiger partial charge on any atom is 0.0862 e. The highest BCUT2D eigenvalue weighted by Crippen LogP contribution is 2.20. The van der Waals surface area contributed by atoms with Gasteiger partial charge < -0.3 is 5.11 Å². The van der Waals surface area contributed by atoms with Crippen LogP contribution in [-0.2, 0) is 6.54 Å². The van der Waals surface area contributed by atoms with E-state index in [0.717, 1.165) is 13.1 Å². The third-order valence-electron chi connectivity index (χ3n) is 3.47. The molecule has 102 valence electrons. The normalized spacial score (nSPS) is 18.4. The van der Waals surface area contributed by atoms with Crippen molar-refractivity contribution < 1.29 is 5.11 Å². The smallest absolute Gasteiger partial charge is 0.0862 e. The van der Waals surface area contributed by atoms with Crippen LogP contribution in [0.3, 0.4) is 0 Å². The van der Waals surface area contributed by atoms with Gasteiger partial charge in [0.15, 0.2) is 0 Å². The van der Waals surface area contributed by atoms with Crippen molar-refractivity contribution in [3.63, 3.8) is 0 Å². The summed E-state index contributed by atoms with van der Waals surface area (Å²) in [4.78, 5) is 2.25. The van der Waals surface area contributed by atoms with Crippen LogP contribution < -0.4 is 0 Å². The Bertz CT molecular complexity index is 515. The van der Waals surface area contributed by atoms with E-state index in [2.05, 4.69) is 21.3 Å². The molecule has 6 heteroatoms. The average Bonchev–Trinajstić information content (AvgIpc) is 2.94. The van der Waals surface area contributed by atoms with Gasteiger partial charge in [-0.2, -0.15) is 10.2 Å². The molecule has 1 aliphatic rings. The number of rotatable bonds is 5. The van der Waals surface area contributed by atoms with E-state index in [1.807, 2.05) is 30.1 Å². The Labute approximate surface area is 112 Å². The maximum absolute atomic E-state index is 9.99. The van der Waals surface area contributed by atoms with Gasteiger partial charge in [0.2, 0.25) is 0 Å². The number of likely N-dealkylation sites (tertiary alicyclic amines) is 1. The first-order chi connectivity index (χ1) is 9.20. The molecular formula is C13H19N5O. The summed E-state index contributed by atoms with van der Waals surface area (Å²) in [6.45, 7) is 5.20. The molecule has 19 heavy (non-hydrogen) atoms. The third-order valence-corrected chi connectivity index (χ3v) is 3.47. The first-order valence-electron chi connectivity index (χ1n) is 6.59. The first kappa shape index (κ1) is 12.4. The van der Waals surface area contributed by atoms with E-state index in [0.29, 0.717) is 19.1 Å². The molecule has 3 rings (SSSR count). The Balaban J connectivity index is 1.44. The summed E-state index contributed by atoms with van der Waals surface area (Å²) in [5.41, 5.74) is 1.19. The second-order valence-electron chi connectivity index (χ2n) is 5.25. The zero-order chi connectivity index (χ0) is 13.2. The summed E-state index contributed by atoms with van der Waals surface area (Å²) >= 11 is 0. The summed E-state index contributed by atoms with van der Waals surface area (Å²) in [6.07, 6.45) is 7.18. The summed E-state index contributed by atoms with van der Waals surface area (Å²) in [7, 11) is 0. The van der Waals surface area contributed by atoms with Crippen LogP contribution in [0.5, 0.6) is 0 Å². The monoisotopic (exact) mass is 261 g/mol. The van der Waals surface area contributed by atoms with Gasteiger partial charge in [-0.1, -0.05) is 0 Å². The zero-order valence-corrected chi connectivity index (χ0v) is 11.1. The van der Waals surface area contributed by atoms with Crippen molar-refractivity contribution in [2.45, 2.75) is 25.6 Å². The summed E-state index contributed by atoms with van der Waals surface area (Å²) in [6, 6.07) is 2.32. The lowest BCUT2D eigenvalue weighted by molar-refractivity contribution is 0.0325. The quantitative estimate of drug-likeness (QED) is 0.841. The van der Waals surface area contributed by atoms with Crippen LogP contribution in [0.15, 0.2) is 30.9 Å². The van der Waals surface area contributed by atoms with E-state index >= 15 is 0 Å². The van der Waals surface area contributed by atoms with E-state index in [4.69, 9.17) is 0 Å². The number of aryl methyl sites for hydroxylation is 1. The van der Waals surface area contributed by atoms with E-state index in [9.17, 15) is 5.11 Å². The number of nitrogens with zero attached hydrogens (tertiary/aromatic N) is 5. The molecule has 1 fully saturated rings. The molecule has 0 amide bonds. The van der Waals surface area contributed by atoms with Crippen molar-refractivity contribution in [2.75, 3.05) is 19.6 Å². The molecular weight excluding hydrogens is 242 g/mol. The van der Waals surface area contributed by atoms with E-state index in [-0.39, 0.29) is 6.10 Å². The van der Waals surface area contributed by atoms with Gasteiger partial charge in [0.25, 0.3) is 0 Å². The minimum absolute atomic E-state index is 0.375. The second kappa shape index (κ2) is 5.14. The average molecular weight is 261 g/mol. The van der Waals surface area contributed by atoms with Crippen molar-refractivity contribution in [1.82, 2.24) is 24.5 Å². The van der Waals surface area contributed by atoms with Crippen molar-refractivity contribution in [2.24, 2.45) is 0 Å². The van der Waals surface area contributed by atoms with E-state index < -0.39 is 0 Å². The molecule has 0 saturated carbocycles. The Morgan fingerprint density at radius 2 is 2.21 bits per heavy atom. The Morgan fingerprint density at radius 1 is 1.37 bits per heavy atom. The van der Waals surface area contributed by atoms with Gasteiger partial charge in [-0.3, -0.25) is 14.3 Å². The van der Waals surface area contributed by atoms with Crippen LogP contribution in [0.4, 0.5) is 0 Å². The predicted molar refractivity (Wildman–Crippen MR) is 70.7 cm³/mol. The molecule has 1 atom stereocenters. The molecule has 3 heterocycles. The molecule has 1 N–H and O–H groups in total. The highest BCUT2D eigenvalue weighted by atomic mass is 16.3. The van der Waals surface area contributed by atoms with Gasteiger partial charge in [-0.15, -0.1) is 0 Å². The van der Waals surface area contributed by atoms with Gasteiger partial charge in [-0.25, -0.2) is 0 Å². The molecule has 0 unspecified atom stereocenters. The molecule has 0 bridgehead atoms. The van der Waals surface area contributed by atoms with E-state index in [1.165, 1.54) is 5.56 Å². The van der Waals surface area contributed by atoms with Crippen LogP contribution in [0.1, 0.15) is 11.6 Å². The fourth-order valence-corrected chi connectivity index (χ4v) is 2.47. The van der Waals surface area contributed by atoms with Crippen molar-refractivity contribution in [1.29, 1.82) is 0 Å². The molecule has 1 aliphatic heterocycles. The molecule has 2 aromatic heterocycles. The molecule has 0 spiro atoms. The lowest BCUT2D eigenvalue weighted by Crippen LogP contribution is -2.51. The number of aliphatic hydroxyl groups excluding tert-OH is 1. The minimum atomic E-state index is -0.375. The molecule has 1 saturated heterocycles. The van der Waals surface area contributed by atoms with Gasteiger partial charge in [0, 0.05) is 38.2 Å². The van der Waals surface area contributed by atoms with Gasteiger partial charge in [0.1, 0.15) is 0 Å². The number of hydrogen-bond donors (Lipinski definition) is 1. The SMILES string of the molecule is Cc1cnn(C2CN(C[C@@H](O)Cn3cccn3)C2)c1. The lowest BCUT2D eigenvalue weighted by Gasteiger charge is -2.40. The van der Waals surface area contributed by atoms with Gasteiger partial charge in [-0.05, 0) is 18.6 Å². The maximum atomic E-state index is 9.99. The standard InChI is InChI=1S/C13H19N5O/c1-11-5-15-18(6-11)12-7-16(8-12)9-13(19)10-17-4-2-3-14-17/h2-6,12-13,19H,7-10H2,1H3/t13-/m1/s1. The first-order valence-corrected chi connectivity index (χ1v) is 6.59. The van der Waals surface area contributed by atoms with Crippen LogP contribution in [0.2, 0.25) is 0 Å². The van der Waals surface area contributed by atoms with Crippen molar-refractivity contribution >= 4 is 0 Å². The third kappa shape index (κ3) is 2.85. The lowest BCUT2D eigenvalue weighted by atomic mass is 10.1. The molecule has 0 aromatic carbocycles. The van der Waals surface area contributed by atoms with Crippen LogP contribution in [0, 0.1) is 6.92 Å². The van der Waals surface area contributed by atoms with E-state index in [1.54, 1.807) is 10.9 Å². The summed E-state index contributed by atoms with van der Waals surface area (Å²) < 4.78 is 3.78. The Hall–Kier alpha value is -1.66. The second-order valence-corrected chi connectivity index (χ2v) is 5.25. The molecule has 6 nitrogen and oxygen atoms in total.